The second-order valence-corrected chi connectivity index (χ2v) is 6.57. The van der Waals surface area contributed by atoms with Gasteiger partial charge in [0.25, 0.3) is 5.69 Å². The van der Waals surface area contributed by atoms with Gasteiger partial charge in [-0.15, -0.1) is 0 Å². The molecule has 0 bridgehead atoms. The van der Waals surface area contributed by atoms with E-state index in [0.717, 1.165) is 10.5 Å². The molecule has 1 atom stereocenters. The summed E-state index contributed by atoms with van der Waals surface area (Å²) < 4.78 is 11.4. The molecule has 2 rings (SSSR count). The quantitative estimate of drug-likeness (QED) is 0.665. The number of urea groups is 1. The number of non-ortho nitro benzene ring substituents is 1. The van der Waals surface area contributed by atoms with Crippen LogP contribution in [0, 0.1) is 10.1 Å². The topological polar surface area (TPSA) is 92.6 Å². The lowest BCUT2D eigenvalue weighted by Crippen LogP contribution is -2.30. The lowest BCUT2D eigenvalue weighted by molar-refractivity contribution is -0.384. The highest BCUT2D eigenvalue weighted by Crippen LogP contribution is 2.16. The first-order valence-corrected chi connectivity index (χ1v) is 8.61. The number of anilines is 1. The van der Waals surface area contributed by atoms with Gasteiger partial charge in [-0.05, 0) is 29.8 Å². The summed E-state index contributed by atoms with van der Waals surface area (Å²) in [6, 6.07) is 12.5. The number of hydrogen-bond donors (Lipinski definition) is 1. The van der Waals surface area contributed by atoms with Crippen LogP contribution in [0.1, 0.15) is 5.56 Å². The fraction of sp³-hybridized carbons (Fsp3) is 0.188. The highest BCUT2D eigenvalue weighted by molar-refractivity contribution is 7.84. The summed E-state index contributed by atoms with van der Waals surface area (Å²) in [7, 11) is 0.614. The van der Waals surface area contributed by atoms with Crippen molar-refractivity contribution in [3.63, 3.8) is 0 Å². The third-order valence-corrected chi connectivity index (χ3v) is 4.29. The van der Waals surface area contributed by atoms with Crippen LogP contribution in [0.2, 0.25) is 0 Å². The fourth-order valence-corrected chi connectivity index (χ4v) is 2.54. The van der Waals surface area contributed by atoms with Gasteiger partial charge >= 0.3 is 6.03 Å². The average molecular weight is 347 g/mol. The first-order valence-electron chi connectivity index (χ1n) is 7.06. The normalized spacial score (nSPS) is 11.6. The largest absolute Gasteiger partial charge is 0.323 e. The Morgan fingerprint density at radius 1 is 1.17 bits per heavy atom. The van der Waals surface area contributed by atoms with Crippen LogP contribution in [0.5, 0.6) is 0 Å². The smallest absolute Gasteiger partial charge is 0.321 e. The summed E-state index contributed by atoms with van der Waals surface area (Å²) in [6.45, 7) is 0.384. The molecule has 0 unspecified atom stereocenters. The number of nitro benzene ring substituents is 1. The van der Waals surface area contributed by atoms with Gasteiger partial charge in [0.1, 0.15) is 0 Å². The molecule has 2 aromatic rings. The highest BCUT2D eigenvalue weighted by Gasteiger charge is 2.11. The molecule has 0 saturated heterocycles. The van der Waals surface area contributed by atoms with E-state index in [-0.39, 0.29) is 11.7 Å². The molecule has 0 spiro atoms. The van der Waals surface area contributed by atoms with Crippen molar-refractivity contribution in [1.82, 2.24) is 4.90 Å². The SMILES string of the molecule is CN(Cc1ccc([S@](C)=O)cc1)C(=O)Nc1ccc([N+](=O)[O-])cc1. The molecular formula is C16H17N3O4S. The third-order valence-electron chi connectivity index (χ3n) is 3.35. The van der Waals surface area contributed by atoms with Crippen LogP contribution in [0.4, 0.5) is 16.2 Å². The number of carbonyl (C=O) groups excluding carboxylic acids is 1. The molecule has 8 heteroatoms. The number of hydrogen-bond acceptors (Lipinski definition) is 4. The fourth-order valence-electron chi connectivity index (χ4n) is 2.02. The van der Waals surface area contributed by atoms with Crippen LogP contribution in [-0.4, -0.2) is 33.4 Å². The second-order valence-electron chi connectivity index (χ2n) is 5.19. The van der Waals surface area contributed by atoms with Crippen LogP contribution < -0.4 is 5.32 Å². The Hall–Kier alpha value is -2.74. The van der Waals surface area contributed by atoms with E-state index in [2.05, 4.69) is 5.32 Å². The second kappa shape index (κ2) is 7.69. The number of rotatable bonds is 5. The zero-order chi connectivity index (χ0) is 17.7. The van der Waals surface area contributed by atoms with Crippen molar-refractivity contribution in [3.05, 3.63) is 64.2 Å². The summed E-state index contributed by atoms with van der Waals surface area (Å²) in [5.41, 5.74) is 1.36. The predicted molar refractivity (Wildman–Crippen MR) is 92.4 cm³/mol. The van der Waals surface area contributed by atoms with Gasteiger partial charge in [-0.1, -0.05) is 12.1 Å². The van der Waals surface area contributed by atoms with Crippen LogP contribution in [0.15, 0.2) is 53.4 Å². The van der Waals surface area contributed by atoms with Crippen molar-refractivity contribution in [2.24, 2.45) is 0 Å². The minimum absolute atomic E-state index is 0.0326. The summed E-state index contributed by atoms with van der Waals surface area (Å²) in [4.78, 5) is 24.5. The van der Waals surface area contributed by atoms with Crippen LogP contribution in [0.25, 0.3) is 0 Å². The van der Waals surface area contributed by atoms with Crippen LogP contribution >= 0.6 is 0 Å². The summed E-state index contributed by atoms with van der Waals surface area (Å²) >= 11 is 0. The molecule has 126 valence electrons. The van der Waals surface area contributed by atoms with E-state index in [4.69, 9.17) is 0 Å². The van der Waals surface area contributed by atoms with Crippen LogP contribution in [0.3, 0.4) is 0 Å². The van der Waals surface area contributed by atoms with Gasteiger partial charge in [0.15, 0.2) is 0 Å². The maximum absolute atomic E-state index is 12.1. The Morgan fingerprint density at radius 3 is 2.25 bits per heavy atom. The van der Waals surface area contributed by atoms with E-state index >= 15 is 0 Å². The molecule has 0 heterocycles. The lowest BCUT2D eigenvalue weighted by atomic mass is 10.2. The molecule has 0 fully saturated rings. The van der Waals surface area contributed by atoms with E-state index in [1.807, 2.05) is 12.1 Å². The van der Waals surface area contributed by atoms with Gasteiger partial charge in [0.2, 0.25) is 0 Å². The van der Waals surface area contributed by atoms with E-state index in [9.17, 15) is 19.1 Å². The Labute approximate surface area is 141 Å². The Bertz CT molecular complexity index is 760. The van der Waals surface area contributed by atoms with Gasteiger partial charge in [-0.3, -0.25) is 14.3 Å². The van der Waals surface area contributed by atoms with Crippen LogP contribution in [-0.2, 0) is 17.3 Å². The Balaban J connectivity index is 1.96. The zero-order valence-corrected chi connectivity index (χ0v) is 14.1. The third kappa shape index (κ3) is 4.63. The van der Waals surface area contributed by atoms with Gasteiger partial charge < -0.3 is 10.2 Å². The van der Waals surface area contributed by atoms with E-state index in [1.165, 1.54) is 29.2 Å². The van der Waals surface area contributed by atoms with Gasteiger partial charge in [0.05, 0.1) is 4.92 Å². The van der Waals surface area contributed by atoms with Crippen molar-refractivity contribution < 1.29 is 13.9 Å². The molecule has 24 heavy (non-hydrogen) atoms. The molecule has 0 aliphatic heterocycles. The highest BCUT2D eigenvalue weighted by atomic mass is 32.2. The van der Waals surface area contributed by atoms with Crippen molar-refractivity contribution >= 4 is 28.2 Å². The van der Waals surface area contributed by atoms with Crippen molar-refractivity contribution in [2.75, 3.05) is 18.6 Å². The van der Waals surface area contributed by atoms with Crippen molar-refractivity contribution in [2.45, 2.75) is 11.4 Å². The van der Waals surface area contributed by atoms with Gasteiger partial charge in [0, 0.05) is 53.4 Å². The zero-order valence-electron chi connectivity index (χ0n) is 13.3. The molecule has 0 aliphatic carbocycles. The summed E-state index contributed by atoms with van der Waals surface area (Å²) in [5, 5.41) is 13.3. The number of nitro groups is 1. The Kier molecular flexibility index (Phi) is 5.64. The van der Waals surface area contributed by atoms with E-state index in [1.54, 1.807) is 25.4 Å². The maximum atomic E-state index is 12.1. The molecule has 2 aromatic carbocycles. The molecule has 1 N–H and O–H groups in total. The maximum Gasteiger partial charge on any atom is 0.321 e. The average Bonchev–Trinajstić information content (AvgIpc) is 2.55. The van der Waals surface area contributed by atoms with Gasteiger partial charge in [-0.25, -0.2) is 4.79 Å². The molecule has 0 radical (unpaired) electrons. The van der Waals surface area contributed by atoms with Crippen molar-refractivity contribution in [1.29, 1.82) is 0 Å². The number of amides is 2. The molecule has 0 saturated carbocycles. The number of benzene rings is 2. The minimum Gasteiger partial charge on any atom is -0.323 e. The Morgan fingerprint density at radius 2 is 1.75 bits per heavy atom. The summed E-state index contributed by atoms with van der Waals surface area (Å²) in [5.74, 6) is 0. The molecule has 0 aliphatic rings. The molecule has 2 amide bonds. The predicted octanol–water partition coefficient (Wildman–Crippen LogP) is 3.00. The molecular weight excluding hydrogens is 330 g/mol. The monoisotopic (exact) mass is 347 g/mol. The lowest BCUT2D eigenvalue weighted by Gasteiger charge is -2.18. The van der Waals surface area contributed by atoms with Gasteiger partial charge in [-0.2, -0.15) is 0 Å². The first-order chi connectivity index (χ1) is 11.4. The molecule has 7 nitrogen and oxygen atoms in total. The first kappa shape index (κ1) is 17.6. The van der Waals surface area contributed by atoms with Crippen molar-refractivity contribution in [3.8, 4) is 0 Å². The number of nitrogens with zero attached hydrogens (tertiary/aromatic N) is 2. The standard InChI is InChI=1S/C16H17N3O4S/c1-18(11-12-3-9-15(10-4-12)24(2)23)16(20)17-13-5-7-14(8-6-13)19(21)22/h3-10H,11H2,1-2H3,(H,17,20)/t24-/m0/s1. The number of carbonyl (C=O) groups is 1. The summed E-state index contributed by atoms with van der Waals surface area (Å²) in [6.07, 6.45) is 1.61. The number of nitrogens with one attached hydrogen (secondary N) is 1. The van der Waals surface area contributed by atoms with E-state index in [0.29, 0.717) is 12.2 Å². The molecule has 0 aromatic heterocycles. The van der Waals surface area contributed by atoms with E-state index < -0.39 is 15.7 Å². The minimum atomic E-state index is -1.03.